The highest BCUT2D eigenvalue weighted by molar-refractivity contribution is 5.78. The van der Waals surface area contributed by atoms with Gasteiger partial charge in [0, 0.05) is 37.2 Å². The van der Waals surface area contributed by atoms with Gasteiger partial charge in [0.05, 0.1) is 5.69 Å². The maximum absolute atomic E-state index is 13.0. The number of carbonyl (C=O) groups excluding carboxylic acids is 1. The zero-order chi connectivity index (χ0) is 20.1. The van der Waals surface area contributed by atoms with Crippen LogP contribution in [0, 0.1) is 19.8 Å². The fraction of sp³-hybridized carbons (Fsp3) is 0.818. The Morgan fingerprint density at radius 1 is 1.18 bits per heavy atom. The summed E-state index contributed by atoms with van der Waals surface area (Å²) in [5.41, 5.74) is 2.19. The molecule has 1 atom stereocenters. The number of hydrogen-bond donors (Lipinski definition) is 0. The summed E-state index contributed by atoms with van der Waals surface area (Å²) in [5, 5.41) is 4.09. The zero-order valence-corrected chi connectivity index (χ0v) is 18.2. The van der Waals surface area contributed by atoms with Gasteiger partial charge in [-0.15, -0.1) is 0 Å². The van der Waals surface area contributed by atoms with Crippen molar-refractivity contribution in [2.45, 2.75) is 72.4 Å². The van der Waals surface area contributed by atoms with Gasteiger partial charge in [-0.05, 0) is 72.1 Å². The van der Waals surface area contributed by atoms with Crippen LogP contribution >= 0.6 is 0 Å². The standard InChI is InChI=1S/C22H38N4O2/c1-17(2)22(27)26(14-8-13-24-10-5-6-11-24)20-9-7-12-25(15-20)16-21-18(3)23-28-19(21)4/h17,20H,5-16H2,1-4H3. The fourth-order valence-corrected chi connectivity index (χ4v) is 4.66. The van der Waals surface area contributed by atoms with E-state index in [2.05, 4.69) is 19.9 Å². The number of likely N-dealkylation sites (tertiary alicyclic amines) is 2. The molecular weight excluding hydrogens is 352 g/mol. The number of carbonyl (C=O) groups is 1. The Labute approximate surface area is 170 Å². The lowest BCUT2D eigenvalue weighted by Gasteiger charge is -2.40. The largest absolute Gasteiger partial charge is 0.361 e. The molecule has 1 aromatic rings. The third kappa shape index (κ3) is 5.35. The van der Waals surface area contributed by atoms with Crippen molar-refractivity contribution in [3.63, 3.8) is 0 Å². The van der Waals surface area contributed by atoms with Crippen LogP contribution in [0.2, 0.25) is 0 Å². The summed E-state index contributed by atoms with van der Waals surface area (Å²) in [4.78, 5) is 20.2. The summed E-state index contributed by atoms with van der Waals surface area (Å²) in [7, 11) is 0. The summed E-state index contributed by atoms with van der Waals surface area (Å²) in [6.07, 6.45) is 5.99. The van der Waals surface area contributed by atoms with E-state index in [-0.39, 0.29) is 5.92 Å². The van der Waals surface area contributed by atoms with Crippen LogP contribution in [-0.4, -0.2) is 71.1 Å². The summed E-state index contributed by atoms with van der Waals surface area (Å²) < 4.78 is 5.34. The van der Waals surface area contributed by atoms with Gasteiger partial charge in [-0.1, -0.05) is 19.0 Å². The number of amides is 1. The molecule has 1 amide bonds. The highest BCUT2D eigenvalue weighted by Crippen LogP contribution is 2.22. The summed E-state index contributed by atoms with van der Waals surface area (Å²) in [6, 6.07) is 0.322. The van der Waals surface area contributed by atoms with Crippen molar-refractivity contribution in [3.8, 4) is 0 Å². The van der Waals surface area contributed by atoms with Crippen LogP contribution in [0.25, 0.3) is 0 Å². The first-order valence-electron chi connectivity index (χ1n) is 11.1. The van der Waals surface area contributed by atoms with E-state index in [1.165, 1.54) is 31.5 Å². The summed E-state index contributed by atoms with van der Waals surface area (Å²) >= 11 is 0. The van der Waals surface area contributed by atoms with E-state index >= 15 is 0 Å². The minimum atomic E-state index is 0.0599. The second-order valence-corrected chi connectivity index (χ2v) is 8.92. The monoisotopic (exact) mass is 390 g/mol. The van der Waals surface area contributed by atoms with E-state index in [1.54, 1.807) is 0 Å². The molecule has 0 radical (unpaired) electrons. The molecule has 158 valence electrons. The third-order valence-corrected chi connectivity index (χ3v) is 6.33. The van der Waals surface area contributed by atoms with Gasteiger partial charge in [0.25, 0.3) is 0 Å². The van der Waals surface area contributed by atoms with E-state index in [9.17, 15) is 4.79 Å². The van der Waals surface area contributed by atoms with E-state index in [1.807, 2.05) is 27.7 Å². The topological polar surface area (TPSA) is 52.8 Å². The Morgan fingerprint density at radius 2 is 1.89 bits per heavy atom. The molecule has 0 N–H and O–H groups in total. The average Bonchev–Trinajstić information content (AvgIpc) is 3.30. The Morgan fingerprint density at radius 3 is 2.54 bits per heavy atom. The lowest BCUT2D eigenvalue weighted by Crippen LogP contribution is -2.51. The number of hydrogen-bond acceptors (Lipinski definition) is 5. The van der Waals surface area contributed by atoms with E-state index < -0.39 is 0 Å². The number of aromatic nitrogens is 1. The molecule has 3 heterocycles. The Hall–Kier alpha value is -1.40. The van der Waals surface area contributed by atoms with Crippen LogP contribution in [0.5, 0.6) is 0 Å². The Bertz CT molecular complexity index is 617. The molecule has 0 aromatic carbocycles. The van der Waals surface area contributed by atoms with Crippen molar-refractivity contribution in [3.05, 3.63) is 17.0 Å². The molecule has 0 saturated carbocycles. The first-order valence-corrected chi connectivity index (χ1v) is 11.1. The van der Waals surface area contributed by atoms with Crippen molar-refractivity contribution in [1.29, 1.82) is 0 Å². The van der Waals surface area contributed by atoms with Gasteiger partial charge in [-0.3, -0.25) is 9.69 Å². The predicted octanol–water partition coefficient (Wildman–Crippen LogP) is 3.23. The van der Waals surface area contributed by atoms with Crippen LogP contribution in [0.15, 0.2) is 4.52 Å². The zero-order valence-electron chi connectivity index (χ0n) is 18.2. The van der Waals surface area contributed by atoms with Crippen LogP contribution in [0.3, 0.4) is 0 Å². The molecule has 6 heteroatoms. The van der Waals surface area contributed by atoms with Crippen LogP contribution in [0.1, 0.15) is 63.0 Å². The molecule has 1 unspecified atom stereocenters. The number of aryl methyl sites for hydroxylation is 2. The highest BCUT2D eigenvalue weighted by atomic mass is 16.5. The number of nitrogens with zero attached hydrogens (tertiary/aromatic N) is 4. The third-order valence-electron chi connectivity index (χ3n) is 6.33. The Balaban J connectivity index is 1.60. The van der Waals surface area contributed by atoms with Gasteiger partial charge in [-0.25, -0.2) is 0 Å². The minimum absolute atomic E-state index is 0.0599. The lowest BCUT2D eigenvalue weighted by atomic mass is 10.0. The van der Waals surface area contributed by atoms with Crippen LogP contribution in [0.4, 0.5) is 0 Å². The maximum atomic E-state index is 13.0. The van der Waals surface area contributed by atoms with Crippen LogP contribution < -0.4 is 0 Å². The first-order chi connectivity index (χ1) is 13.5. The van der Waals surface area contributed by atoms with Gasteiger partial charge in [-0.2, -0.15) is 0 Å². The van der Waals surface area contributed by atoms with Crippen molar-refractivity contribution in [2.75, 3.05) is 39.3 Å². The molecule has 0 aliphatic carbocycles. The number of rotatable bonds is 8. The van der Waals surface area contributed by atoms with Gasteiger partial charge >= 0.3 is 0 Å². The van der Waals surface area contributed by atoms with Crippen LogP contribution in [-0.2, 0) is 11.3 Å². The molecule has 28 heavy (non-hydrogen) atoms. The van der Waals surface area contributed by atoms with E-state index in [0.717, 1.165) is 63.4 Å². The lowest BCUT2D eigenvalue weighted by molar-refractivity contribution is -0.138. The summed E-state index contributed by atoms with van der Waals surface area (Å²) in [5.74, 6) is 1.29. The molecular formula is C22H38N4O2. The SMILES string of the molecule is Cc1noc(C)c1CN1CCCC(N(CCCN2CCCC2)C(=O)C(C)C)C1. The molecule has 2 fully saturated rings. The van der Waals surface area contributed by atoms with Crippen molar-refractivity contribution in [2.24, 2.45) is 5.92 Å². The van der Waals surface area contributed by atoms with E-state index in [4.69, 9.17) is 4.52 Å². The van der Waals surface area contributed by atoms with E-state index in [0.29, 0.717) is 11.9 Å². The molecule has 3 rings (SSSR count). The molecule has 2 saturated heterocycles. The first kappa shape index (κ1) is 21.3. The van der Waals surface area contributed by atoms with Gasteiger partial charge < -0.3 is 14.3 Å². The second-order valence-electron chi connectivity index (χ2n) is 8.92. The molecule has 2 aliphatic heterocycles. The average molecular weight is 391 g/mol. The maximum Gasteiger partial charge on any atom is 0.225 e. The molecule has 0 spiro atoms. The van der Waals surface area contributed by atoms with Crippen molar-refractivity contribution in [1.82, 2.24) is 19.9 Å². The normalized spacial score (nSPS) is 21.5. The highest BCUT2D eigenvalue weighted by Gasteiger charge is 2.30. The Kier molecular flexibility index (Phi) is 7.52. The van der Waals surface area contributed by atoms with Gasteiger partial charge in [0.1, 0.15) is 5.76 Å². The minimum Gasteiger partial charge on any atom is -0.361 e. The second kappa shape index (κ2) is 9.88. The quantitative estimate of drug-likeness (QED) is 0.682. The summed E-state index contributed by atoms with van der Waals surface area (Å²) in [6.45, 7) is 15.4. The molecule has 1 aromatic heterocycles. The fourth-order valence-electron chi connectivity index (χ4n) is 4.66. The predicted molar refractivity (Wildman–Crippen MR) is 111 cm³/mol. The van der Waals surface area contributed by atoms with Crippen molar-refractivity contribution >= 4 is 5.91 Å². The van der Waals surface area contributed by atoms with Gasteiger partial charge in [0.2, 0.25) is 5.91 Å². The van der Waals surface area contributed by atoms with Crippen molar-refractivity contribution < 1.29 is 9.32 Å². The molecule has 2 aliphatic rings. The number of piperidine rings is 1. The van der Waals surface area contributed by atoms with Gasteiger partial charge in [0.15, 0.2) is 0 Å². The molecule has 0 bridgehead atoms. The smallest absolute Gasteiger partial charge is 0.225 e. The molecule has 6 nitrogen and oxygen atoms in total.